The molecule has 0 spiro atoms. The van der Waals surface area contributed by atoms with Gasteiger partial charge in [-0.25, -0.2) is 9.59 Å². The lowest BCUT2D eigenvalue weighted by Gasteiger charge is -2.28. The number of ether oxygens (including phenoxy) is 3. The third-order valence-electron chi connectivity index (χ3n) is 5.28. The van der Waals surface area contributed by atoms with E-state index in [2.05, 4.69) is 15.4 Å². The van der Waals surface area contributed by atoms with Crippen LogP contribution >= 0.6 is 11.8 Å². The average molecular weight is 545 g/mol. The number of Topliss-reactive ketones (excluding diaryl/α,β-unsaturated/α-hetero) is 2. The van der Waals surface area contributed by atoms with Gasteiger partial charge in [0.1, 0.15) is 12.4 Å². The SMILES string of the molecule is COC(=O)CCC(=O)CC(=O)C(C)C(=O)SCCNC(=O)CCNC(=O)[C@@H]1OC(=O)C(=O)OCC1(C)C. The molecule has 0 aromatic rings. The highest BCUT2D eigenvalue weighted by Gasteiger charge is 2.44. The van der Waals surface area contributed by atoms with E-state index in [0.717, 1.165) is 11.8 Å². The minimum absolute atomic E-state index is 0.0643. The summed E-state index contributed by atoms with van der Waals surface area (Å²) in [5, 5.41) is 4.60. The molecule has 13 nitrogen and oxygen atoms in total. The summed E-state index contributed by atoms with van der Waals surface area (Å²) in [4.78, 5) is 94.4. The minimum Gasteiger partial charge on any atom is -0.469 e. The normalized spacial score (nSPS) is 17.4. The molecule has 1 unspecified atom stereocenters. The fourth-order valence-electron chi connectivity index (χ4n) is 2.97. The highest BCUT2D eigenvalue weighted by atomic mass is 32.2. The number of ketones is 2. The summed E-state index contributed by atoms with van der Waals surface area (Å²) in [7, 11) is 1.19. The van der Waals surface area contributed by atoms with Gasteiger partial charge in [0.2, 0.25) is 5.91 Å². The summed E-state index contributed by atoms with van der Waals surface area (Å²) in [6.07, 6.45) is -2.09. The van der Waals surface area contributed by atoms with E-state index in [1.165, 1.54) is 14.0 Å². The van der Waals surface area contributed by atoms with Crippen molar-refractivity contribution in [1.29, 1.82) is 0 Å². The third-order valence-corrected chi connectivity index (χ3v) is 6.32. The van der Waals surface area contributed by atoms with Crippen LogP contribution in [0.1, 0.15) is 46.5 Å². The number of carbonyl (C=O) groups excluding carboxylic acids is 8. The van der Waals surface area contributed by atoms with E-state index in [-0.39, 0.29) is 44.7 Å². The van der Waals surface area contributed by atoms with Crippen LogP contribution in [0, 0.1) is 11.3 Å². The standard InChI is InChI=1S/C23H32N2O11S/c1-13(15(27)11-14(26)5-6-17(29)34-4)22(33)37-10-9-24-16(28)7-8-25-19(30)18-23(2,3)12-35-20(31)21(32)36-18/h13,18H,5-12H2,1-4H3,(H,24,28)(H,25,30)/t13?,18-/m0/s1. The van der Waals surface area contributed by atoms with Crippen molar-refractivity contribution in [1.82, 2.24) is 10.6 Å². The Bertz CT molecular complexity index is 932. The van der Waals surface area contributed by atoms with E-state index in [4.69, 9.17) is 9.47 Å². The number of esters is 3. The van der Waals surface area contributed by atoms with Gasteiger partial charge in [0.05, 0.1) is 25.9 Å². The molecule has 206 valence electrons. The molecule has 1 fully saturated rings. The van der Waals surface area contributed by atoms with E-state index in [1.807, 2.05) is 0 Å². The van der Waals surface area contributed by atoms with E-state index in [0.29, 0.717) is 0 Å². The van der Waals surface area contributed by atoms with E-state index >= 15 is 0 Å². The Morgan fingerprint density at radius 1 is 1.03 bits per heavy atom. The molecule has 0 aromatic heterocycles. The topological polar surface area (TPSA) is 188 Å². The van der Waals surface area contributed by atoms with Crippen molar-refractivity contribution >= 4 is 58.2 Å². The Kier molecular flexibility index (Phi) is 12.9. The second kappa shape index (κ2) is 15.1. The Balaban J connectivity index is 2.30. The molecule has 2 N–H and O–H groups in total. The molecule has 2 amide bonds. The van der Waals surface area contributed by atoms with Crippen LogP contribution in [-0.2, 0) is 52.6 Å². The fraction of sp³-hybridized carbons (Fsp3) is 0.652. The molecule has 0 radical (unpaired) electrons. The van der Waals surface area contributed by atoms with E-state index in [9.17, 15) is 38.4 Å². The molecule has 0 saturated carbocycles. The maximum absolute atomic E-state index is 12.4. The van der Waals surface area contributed by atoms with E-state index in [1.54, 1.807) is 13.8 Å². The van der Waals surface area contributed by atoms with Gasteiger partial charge in [-0.2, -0.15) is 0 Å². The van der Waals surface area contributed by atoms with Crippen LogP contribution in [0.2, 0.25) is 0 Å². The predicted octanol–water partition coefficient (Wildman–Crippen LogP) is -0.519. The quantitative estimate of drug-likeness (QED) is 0.0937. The second-order valence-electron chi connectivity index (χ2n) is 8.89. The first kappa shape index (κ1) is 31.7. The van der Waals surface area contributed by atoms with Crippen molar-refractivity contribution in [2.24, 2.45) is 11.3 Å². The molecule has 1 heterocycles. The average Bonchev–Trinajstić information content (AvgIpc) is 2.95. The van der Waals surface area contributed by atoms with Crippen LogP contribution in [0.4, 0.5) is 0 Å². The number of cyclic esters (lactones) is 2. The zero-order chi connectivity index (χ0) is 28.2. The lowest BCUT2D eigenvalue weighted by molar-refractivity contribution is -0.168. The van der Waals surface area contributed by atoms with Gasteiger partial charge in [0.25, 0.3) is 5.91 Å². The molecule has 0 aliphatic carbocycles. The number of thioether (sulfide) groups is 1. The molecule has 14 heteroatoms. The van der Waals surface area contributed by atoms with Gasteiger partial charge >= 0.3 is 17.9 Å². The van der Waals surface area contributed by atoms with Crippen LogP contribution in [0.15, 0.2) is 0 Å². The number of hydrogen-bond donors (Lipinski definition) is 2. The van der Waals surface area contributed by atoms with Gasteiger partial charge in [-0.3, -0.25) is 28.8 Å². The summed E-state index contributed by atoms with van der Waals surface area (Å²) in [5.41, 5.74) is -0.965. The second-order valence-corrected chi connectivity index (χ2v) is 9.99. The molecule has 0 aromatic carbocycles. The number of carbonyl (C=O) groups is 8. The van der Waals surface area contributed by atoms with Crippen LogP contribution in [0.5, 0.6) is 0 Å². The third kappa shape index (κ3) is 11.1. The first-order chi connectivity index (χ1) is 17.3. The maximum Gasteiger partial charge on any atom is 0.418 e. The number of amides is 2. The van der Waals surface area contributed by atoms with Crippen molar-refractivity contribution in [2.45, 2.75) is 52.6 Å². The lowest BCUT2D eigenvalue weighted by Crippen LogP contribution is -2.47. The maximum atomic E-state index is 12.4. The smallest absolute Gasteiger partial charge is 0.418 e. The Hall–Kier alpha value is -3.29. The number of rotatable bonds is 14. The molecular weight excluding hydrogens is 512 g/mol. The Morgan fingerprint density at radius 2 is 1.70 bits per heavy atom. The number of nitrogens with one attached hydrogen (secondary N) is 2. The first-order valence-electron chi connectivity index (χ1n) is 11.5. The fourth-order valence-corrected chi connectivity index (χ4v) is 3.75. The molecule has 1 aliphatic heterocycles. The van der Waals surface area contributed by atoms with E-state index < -0.39 is 70.3 Å². The molecule has 0 bridgehead atoms. The van der Waals surface area contributed by atoms with Crippen LogP contribution in [-0.4, -0.2) is 85.1 Å². The minimum atomic E-state index is -1.27. The lowest BCUT2D eigenvalue weighted by atomic mass is 9.87. The first-order valence-corrected chi connectivity index (χ1v) is 12.5. The van der Waals surface area contributed by atoms with Crippen molar-refractivity contribution in [3.05, 3.63) is 0 Å². The van der Waals surface area contributed by atoms with Gasteiger partial charge in [0, 0.05) is 37.1 Å². The Morgan fingerprint density at radius 3 is 2.35 bits per heavy atom. The van der Waals surface area contributed by atoms with Gasteiger partial charge in [0.15, 0.2) is 17.0 Å². The molecular formula is C23H32N2O11S. The van der Waals surface area contributed by atoms with Gasteiger partial charge < -0.3 is 24.8 Å². The van der Waals surface area contributed by atoms with Crippen molar-refractivity contribution in [3.63, 3.8) is 0 Å². The van der Waals surface area contributed by atoms with Gasteiger partial charge in [-0.1, -0.05) is 25.6 Å². The summed E-state index contributed by atoms with van der Waals surface area (Å²) in [6, 6.07) is 0. The zero-order valence-electron chi connectivity index (χ0n) is 21.2. The van der Waals surface area contributed by atoms with Gasteiger partial charge in [-0.15, -0.1) is 0 Å². The zero-order valence-corrected chi connectivity index (χ0v) is 22.0. The van der Waals surface area contributed by atoms with Crippen LogP contribution < -0.4 is 10.6 Å². The summed E-state index contributed by atoms with van der Waals surface area (Å²) < 4.78 is 14.1. The van der Waals surface area contributed by atoms with Crippen molar-refractivity contribution in [2.75, 3.05) is 32.6 Å². The molecule has 1 rings (SSSR count). The number of methoxy groups -OCH3 is 1. The van der Waals surface area contributed by atoms with Crippen LogP contribution in [0.25, 0.3) is 0 Å². The molecule has 1 saturated heterocycles. The molecule has 1 aliphatic rings. The largest absolute Gasteiger partial charge is 0.469 e. The highest BCUT2D eigenvalue weighted by Crippen LogP contribution is 2.27. The molecule has 37 heavy (non-hydrogen) atoms. The van der Waals surface area contributed by atoms with Crippen molar-refractivity contribution < 1.29 is 52.6 Å². The Labute approximate surface area is 218 Å². The predicted molar refractivity (Wildman–Crippen MR) is 128 cm³/mol. The summed E-state index contributed by atoms with van der Waals surface area (Å²) in [6.45, 7) is 4.43. The number of hydrogen-bond acceptors (Lipinski definition) is 12. The molecule has 2 atom stereocenters. The monoisotopic (exact) mass is 544 g/mol. The summed E-state index contributed by atoms with van der Waals surface area (Å²) in [5.74, 6) is -5.93. The summed E-state index contributed by atoms with van der Waals surface area (Å²) >= 11 is 0.836. The van der Waals surface area contributed by atoms with Crippen molar-refractivity contribution in [3.8, 4) is 0 Å². The highest BCUT2D eigenvalue weighted by molar-refractivity contribution is 8.13. The van der Waals surface area contributed by atoms with Crippen LogP contribution in [0.3, 0.4) is 0 Å². The van der Waals surface area contributed by atoms with Gasteiger partial charge in [-0.05, 0) is 6.92 Å².